The molecule has 0 radical (unpaired) electrons. The van der Waals surface area contributed by atoms with Crippen LogP contribution in [0, 0.1) is 0 Å². The lowest BCUT2D eigenvalue weighted by Gasteiger charge is -2.13. The maximum Gasteiger partial charge on any atom is 0.207 e. The van der Waals surface area contributed by atoms with E-state index in [4.69, 9.17) is 0 Å². The molecule has 0 bridgehead atoms. The van der Waals surface area contributed by atoms with E-state index in [0.717, 1.165) is 16.6 Å². The maximum atomic E-state index is 12.0. The number of aryl methyl sites for hydroxylation is 1. The van der Waals surface area contributed by atoms with Crippen LogP contribution in [-0.2, 0) is 7.05 Å². The Hall–Kier alpha value is -2.43. The number of benzene rings is 1. The standard InChI is InChI=1S/C15H16N4O/c1-10(2)19-14-5-4-11(12-7-16-18(3)9-12)6-13(14)15(20)8-17-19/h4-10H,1-3H3. The van der Waals surface area contributed by atoms with E-state index in [0.29, 0.717) is 5.39 Å². The first-order chi connectivity index (χ1) is 9.56. The molecule has 0 fully saturated rings. The molecule has 0 unspecified atom stereocenters. The van der Waals surface area contributed by atoms with Crippen molar-refractivity contribution in [2.24, 2.45) is 7.05 Å². The van der Waals surface area contributed by atoms with Crippen molar-refractivity contribution >= 4 is 10.9 Å². The zero-order valence-corrected chi connectivity index (χ0v) is 11.7. The van der Waals surface area contributed by atoms with Gasteiger partial charge in [0.15, 0.2) is 0 Å². The topological polar surface area (TPSA) is 52.7 Å². The molecule has 0 N–H and O–H groups in total. The van der Waals surface area contributed by atoms with E-state index in [1.807, 2.05) is 50.0 Å². The van der Waals surface area contributed by atoms with Crippen LogP contribution in [0.2, 0.25) is 0 Å². The van der Waals surface area contributed by atoms with Gasteiger partial charge < -0.3 is 0 Å². The highest BCUT2D eigenvalue weighted by Crippen LogP contribution is 2.23. The molecule has 0 saturated carbocycles. The Morgan fingerprint density at radius 2 is 1.90 bits per heavy atom. The van der Waals surface area contributed by atoms with Crippen molar-refractivity contribution in [1.29, 1.82) is 0 Å². The Balaban J connectivity index is 2.26. The Kier molecular flexibility index (Phi) is 2.89. The van der Waals surface area contributed by atoms with Gasteiger partial charge in [0, 0.05) is 30.2 Å². The lowest BCUT2D eigenvalue weighted by Crippen LogP contribution is -2.13. The minimum Gasteiger partial charge on any atom is -0.287 e. The van der Waals surface area contributed by atoms with Gasteiger partial charge in [0.05, 0.1) is 17.9 Å². The van der Waals surface area contributed by atoms with E-state index in [1.165, 1.54) is 6.20 Å². The van der Waals surface area contributed by atoms with Gasteiger partial charge >= 0.3 is 0 Å². The van der Waals surface area contributed by atoms with Crippen LogP contribution in [0.15, 0.2) is 41.6 Å². The van der Waals surface area contributed by atoms with Gasteiger partial charge in [-0.2, -0.15) is 10.2 Å². The van der Waals surface area contributed by atoms with Crippen LogP contribution < -0.4 is 5.43 Å². The number of nitrogens with zero attached hydrogens (tertiary/aromatic N) is 4. The van der Waals surface area contributed by atoms with Crippen LogP contribution in [-0.4, -0.2) is 19.6 Å². The summed E-state index contributed by atoms with van der Waals surface area (Å²) < 4.78 is 3.61. The highest BCUT2D eigenvalue weighted by Gasteiger charge is 2.09. The highest BCUT2D eigenvalue weighted by atomic mass is 16.1. The fraction of sp³-hybridized carbons (Fsp3) is 0.267. The number of fused-ring (bicyclic) bond motifs is 1. The van der Waals surface area contributed by atoms with E-state index in [9.17, 15) is 4.79 Å². The minimum atomic E-state index is -0.0531. The fourth-order valence-corrected chi connectivity index (χ4v) is 2.34. The second kappa shape index (κ2) is 4.59. The monoisotopic (exact) mass is 268 g/mol. The van der Waals surface area contributed by atoms with Gasteiger partial charge in [-0.1, -0.05) is 6.07 Å². The average Bonchev–Trinajstić information content (AvgIpc) is 2.85. The molecule has 0 spiro atoms. The summed E-state index contributed by atoms with van der Waals surface area (Å²) in [6, 6.07) is 6.07. The van der Waals surface area contributed by atoms with Gasteiger partial charge in [-0.15, -0.1) is 0 Å². The van der Waals surface area contributed by atoms with E-state index in [-0.39, 0.29) is 11.5 Å². The summed E-state index contributed by atoms with van der Waals surface area (Å²) in [6.45, 7) is 4.10. The summed E-state index contributed by atoms with van der Waals surface area (Å²) in [4.78, 5) is 12.0. The Labute approximate surface area is 116 Å². The van der Waals surface area contributed by atoms with Crippen LogP contribution in [0.4, 0.5) is 0 Å². The molecule has 2 aromatic heterocycles. The number of rotatable bonds is 2. The van der Waals surface area contributed by atoms with E-state index in [1.54, 1.807) is 10.9 Å². The third kappa shape index (κ3) is 2.01. The maximum absolute atomic E-state index is 12.0. The van der Waals surface area contributed by atoms with Gasteiger partial charge in [0.2, 0.25) is 5.43 Å². The Bertz CT molecular complexity index is 829. The summed E-state index contributed by atoms with van der Waals surface area (Å²) in [5, 5.41) is 9.05. The fourth-order valence-electron chi connectivity index (χ4n) is 2.34. The molecule has 0 saturated heterocycles. The molecule has 2 heterocycles. The van der Waals surface area contributed by atoms with Gasteiger partial charge in [0.1, 0.15) is 0 Å². The molecule has 102 valence electrons. The largest absolute Gasteiger partial charge is 0.287 e. The van der Waals surface area contributed by atoms with Crippen molar-refractivity contribution < 1.29 is 0 Å². The summed E-state index contributed by atoms with van der Waals surface area (Å²) >= 11 is 0. The quantitative estimate of drug-likeness (QED) is 0.717. The van der Waals surface area contributed by atoms with Crippen LogP contribution in [0.25, 0.3) is 22.0 Å². The van der Waals surface area contributed by atoms with Crippen molar-refractivity contribution in [3.63, 3.8) is 0 Å². The van der Waals surface area contributed by atoms with E-state index < -0.39 is 0 Å². The smallest absolute Gasteiger partial charge is 0.207 e. The zero-order chi connectivity index (χ0) is 14.3. The Morgan fingerprint density at radius 3 is 2.55 bits per heavy atom. The lowest BCUT2D eigenvalue weighted by molar-refractivity contribution is 0.541. The number of hydrogen-bond donors (Lipinski definition) is 0. The molecular formula is C15H16N4O. The molecule has 5 nitrogen and oxygen atoms in total. The molecule has 5 heteroatoms. The van der Waals surface area contributed by atoms with E-state index in [2.05, 4.69) is 10.2 Å². The average molecular weight is 268 g/mol. The van der Waals surface area contributed by atoms with E-state index >= 15 is 0 Å². The van der Waals surface area contributed by atoms with Gasteiger partial charge in [-0.3, -0.25) is 14.2 Å². The van der Waals surface area contributed by atoms with Gasteiger partial charge in [-0.25, -0.2) is 0 Å². The summed E-state index contributed by atoms with van der Waals surface area (Å²) in [5.74, 6) is 0. The molecule has 3 rings (SSSR count). The molecule has 0 atom stereocenters. The molecule has 20 heavy (non-hydrogen) atoms. The molecular weight excluding hydrogens is 252 g/mol. The van der Waals surface area contributed by atoms with Crippen molar-refractivity contribution in [3.05, 3.63) is 47.0 Å². The number of aromatic nitrogens is 4. The predicted molar refractivity (Wildman–Crippen MR) is 78.6 cm³/mol. The third-order valence-electron chi connectivity index (χ3n) is 3.34. The highest BCUT2D eigenvalue weighted by molar-refractivity contribution is 5.84. The normalized spacial score (nSPS) is 11.4. The molecule has 1 aromatic carbocycles. The molecule has 3 aromatic rings. The van der Waals surface area contributed by atoms with Crippen LogP contribution in [0.5, 0.6) is 0 Å². The van der Waals surface area contributed by atoms with Crippen LogP contribution in [0.3, 0.4) is 0 Å². The summed E-state index contributed by atoms with van der Waals surface area (Å²) in [5.41, 5.74) is 2.80. The first kappa shape index (κ1) is 12.6. The summed E-state index contributed by atoms with van der Waals surface area (Å²) in [7, 11) is 1.88. The zero-order valence-electron chi connectivity index (χ0n) is 11.7. The van der Waals surface area contributed by atoms with Crippen molar-refractivity contribution in [2.75, 3.05) is 0 Å². The molecule has 0 aliphatic rings. The number of hydrogen-bond acceptors (Lipinski definition) is 3. The van der Waals surface area contributed by atoms with Crippen molar-refractivity contribution in [1.82, 2.24) is 19.6 Å². The molecule has 0 aliphatic carbocycles. The predicted octanol–water partition coefficient (Wildman–Crippen LogP) is 2.38. The molecule has 0 amide bonds. The first-order valence-corrected chi connectivity index (χ1v) is 6.57. The van der Waals surface area contributed by atoms with Crippen LogP contribution in [0.1, 0.15) is 19.9 Å². The second-order valence-corrected chi connectivity index (χ2v) is 5.18. The van der Waals surface area contributed by atoms with Crippen LogP contribution >= 0.6 is 0 Å². The SMILES string of the molecule is CC(C)n1ncc(=O)c2cc(-c3cnn(C)c3)ccc21. The third-order valence-corrected chi connectivity index (χ3v) is 3.34. The van der Waals surface area contributed by atoms with Gasteiger partial charge in [0.25, 0.3) is 0 Å². The Morgan fingerprint density at radius 1 is 1.10 bits per heavy atom. The van der Waals surface area contributed by atoms with Crippen molar-refractivity contribution in [2.45, 2.75) is 19.9 Å². The molecule has 0 aliphatic heterocycles. The first-order valence-electron chi connectivity index (χ1n) is 6.57. The minimum absolute atomic E-state index is 0.0531. The van der Waals surface area contributed by atoms with Gasteiger partial charge in [-0.05, 0) is 31.5 Å². The van der Waals surface area contributed by atoms with Crippen molar-refractivity contribution in [3.8, 4) is 11.1 Å². The second-order valence-electron chi connectivity index (χ2n) is 5.18. The lowest BCUT2D eigenvalue weighted by atomic mass is 10.1. The summed E-state index contributed by atoms with van der Waals surface area (Å²) in [6.07, 6.45) is 5.11.